The lowest BCUT2D eigenvalue weighted by atomic mass is 9.78. The highest BCUT2D eigenvalue weighted by Gasteiger charge is 2.32. The Kier molecular flexibility index (Phi) is 52.2. The van der Waals surface area contributed by atoms with E-state index < -0.39 is 0 Å². The fourth-order valence-electron chi connectivity index (χ4n) is 8.72. The number of hydrogen-bond donors (Lipinski definition) is 1. The number of nitrogens with one attached hydrogen (secondary N) is 1. The molecule has 69 heavy (non-hydrogen) atoms. The highest BCUT2D eigenvalue weighted by Crippen LogP contribution is 2.33. The van der Waals surface area contributed by atoms with E-state index in [1.54, 1.807) is 0 Å². The molecule has 0 heterocycles. The molecule has 1 atom stereocenters. The topological polar surface area (TPSA) is 67.9 Å². The maximum Gasteiger partial charge on any atom is 0.407 e. The predicted octanol–water partition coefficient (Wildman–Crippen LogP) is 19.4. The summed E-state index contributed by atoms with van der Waals surface area (Å²) >= 11 is 0. The number of carbonyl (C=O) groups is 2. The zero-order valence-corrected chi connectivity index (χ0v) is 46.4. The van der Waals surface area contributed by atoms with E-state index in [-0.39, 0.29) is 17.5 Å². The van der Waals surface area contributed by atoms with E-state index in [9.17, 15) is 9.59 Å². The minimum absolute atomic E-state index is 0.0922. The van der Waals surface area contributed by atoms with Crippen molar-refractivity contribution >= 4 is 12.1 Å². The third kappa shape index (κ3) is 51.3. The quantitative estimate of drug-likeness (QED) is 0.0374. The van der Waals surface area contributed by atoms with Gasteiger partial charge in [-0.25, -0.2) is 4.79 Å². The molecule has 1 N–H and O–H groups in total. The number of allylic oxidation sites excluding steroid dienone is 12. The van der Waals surface area contributed by atoms with Crippen molar-refractivity contribution in [3.05, 3.63) is 72.9 Å². The van der Waals surface area contributed by atoms with Gasteiger partial charge in [0.15, 0.2) is 0 Å². The number of rotatable bonds is 52. The number of alkyl carbamates (subject to hydrolysis) is 1. The summed E-state index contributed by atoms with van der Waals surface area (Å²) in [4.78, 5) is 28.4. The Labute approximate surface area is 429 Å². The second-order valence-electron chi connectivity index (χ2n) is 20.5. The largest absolute Gasteiger partial charge is 0.465 e. The molecular formula is C63H114N2O4. The van der Waals surface area contributed by atoms with Crippen molar-refractivity contribution in [1.82, 2.24) is 10.2 Å². The Balaban J connectivity index is 5.20. The van der Waals surface area contributed by atoms with E-state index in [1.165, 1.54) is 167 Å². The maximum atomic E-state index is 13.3. The van der Waals surface area contributed by atoms with Gasteiger partial charge in [-0.3, -0.25) is 4.79 Å². The van der Waals surface area contributed by atoms with Gasteiger partial charge in [0, 0.05) is 24.9 Å². The van der Waals surface area contributed by atoms with Crippen molar-refractivity contribution in [3.8, 4) is 0 Å². The van der Waals surface area contributed by atoms with E-state index in [0.29, 0.717) is 26.2 Å². The van der Waals surface area contributed by atoms with Gasteiger partial charge in [0.1, 0.15) is 0 Å². The number of unbranched alkanes of at least 4 members (excludes halogenated alkanes) is 26. The molecule has 0 saturated heterocycles. The maximum absolute atomic E-state index is 13.3. The molecule has 400 valence electrons. The first-order chi connectivity index (χ1) is 33.9. The van der Waals surface area contributed by atoms with E-state index in [2.05, 4.69) is 104 Å². The average Bonchev–Trinajstić information content (AvgIpc) is 3.34. The molecule has 0 aliphatic heterocycles. The highest BCUT2D eigenvalue weighted by molar-refractivity contribution is 5.69. The second-order valence-corrected chi connectivity index (χ2v) is 20.5. The molecule has 1 unspecified atom stereocenters. The fraction of sp³-hybridized carbons (Fsp3) is 0.778. The van der Waals surface area contributed by atoms with Gasteiger partial charge in [-0.15, -0.1) is 0 Å². The Morgan fingerprint density at radius 2 is 0.768 bits per heavy atom. The van der Waals surface area contributed by atoms with Crippen LogP contribution in [0.25, 0.3) is 0 Å². The van der Waals surface area contributed by atoms with Crippen LogP contribution in [0.1, 0.15) is 271 Å². The zero-order chi connectivity index (χ0) is 50.2. The van der Waals surface area contributed by atoms with Gasteiger partial charge in [-0.2, -0.15) is 0 Å². The average molecular weight is 964 g/mol. The molecule has 0 spiro atoms. The van der Waals surface area contributed by atoms with Crippen LogP contribution in [0.3, 0.4) is 0 Å². The van der Waals surface area contributed by atoms with Gasteiger partial charge in [0.2, 0.25) is 0 Å². The molecule has 0 aliphatic carbocycles. The van der Waals surface area contributed by atoms with E-state index in [0.717, 1.165) is 83.6 Å². The summed E-state index contributed by atoms with van der Waals surface area (Å²) in [6.45, 7) is 8.90. The van der Waals surface area contributed by atoms with Gasteiger partial charge in [0.05, 0.1) is 13.2 Å². The summed E-state index contributed by atoms with van der Waals surface area (Å²) in [6.07, 6.45) is 72.7. The van der Waals surface area contributed by atoms with Crippen molar-refractivity contribution in [2.75, 3.05) is 40.4 Å². The van der Waals surface area contributed by atoms with Crippen LogP contribution < -0.4 is 5.32 Å². The summed E-state index contributed by atoms with van der Waals surface area (Å²) in [5.41, 5.74) is -0.291. The van der Waals surface area contributed by atoms with Crippen LogP contribution in [0.4, 0.5) is 4.79 Å². The third-order valence-corrected chi connectivity index (χ3v) is 13.3. The van der Waals surface area contributed by atoms with E-state index in [4.69, 9.17) is 9.47 Å². The summed E-state index contributed by atoms with van der Waals surface area (Å²) in [5, 5.41) is 3.15. The van der Waals surface area contributed by atoms with E-state index in [1.807, 2.05) is 14.1 Å². The van der Waals surface area contributed by atoms with E-state index >= 15 is 0 Å². The summed E-state index contributed by atoms with van der Waals surface area (Å²) in [7, 11) is 4.07. The van der Waals surface area contributed by atoms with Crippen LogP contribution >= 0.6 is 0 Å². The van der Waals surface area contributed by atoms with Gasteiger partial charge in [-0.05, 0) is 136 Å². The molecule has 0 saturated carbocycles. The monoisotopic (exact) mass is 963 g/mol. The molecule has 6 nitrogen and oxygen atoms in total. The first-order valence-corrected chi connectivity index (χ1v) is 29.5. The Morgan fingerprint density at radius 3 is 1.14 bits per heavy atom. The summed E-state index contributed by atoms with van der Waals surface area (Å²) < 4.78 is 11.8. The van der Waals surface area contributed by atoms with Crippen molar-refractivity contribution in [2.45, 2.75) is 271 Å². The lowest BCUT2D eigenvalue weighted by molar-refractivity contribution is -0.147. The standard InChI is InChI=1S/C63H114N2O4/c1-6-9-12-15-18-21-24-27-30-33-36-39-42-45-48-51-55-63(59-64-62(67)68-58-53-57-65(4)5,56-52-49-46-43-40-37-34-31-28-25-22-19-16-13-10-7-2)60-69-61(66)54-50-47-44-41-38-35-32-29-26-23-20-17-14-11-8-3/h18-23,27-32H,6-17,24-26,33-60H2,1-5H3,(H,64,67)/b21-18-,22-19?,23-20?,30-27-,31-28?,32-29-. The molecule has 0 aliphatic rings. The minimum atomic E-state index is -0.358. The number of nitrogens with zero attached hydrogens (tertiary/aromatic N) is 1. The SMILES string of the molecule is CCCCCC=CCC=CCCCCCCCCC(CCCCCCCC/C=C\C/C=C\CCCCC)(CNC(=O)OCCCN(C)C)COC(=O)CCCCCCC/C=C\CC=CCCCCC. The van der Waals surface area contributed by atoms with Crippen molar-refractivity contribution in [2.24, 2.45) is 5.41 Å². The van der Waals surface area contributed by atoms with Gasteiger partial charge < -0.3 is 19.7 Å². The molecule has 1 amide bonds. The summed E-state index contributed by atoms with van der Waals surface area (Å²) in [6, 6.07) is 0. The molecule has 0 bridgehead atoms. The highest BCUT2D eigenvalue weighted by atomic mass is 16.5. The molecule has 0 fully saturated rings. The molecule has 0 radical (unpaired) electrons. The number of esters is 1. The predicted molar refractivity (Wildman–Crippen MR) is 303 cm³/mol. The Hall–Kier alpha value is -2.86. The summed E-state index contributed by atoms with van der Waals surface area (Å²) in [5.74, 6) is -0.0922. The second kappa shape index (κ2) is 54.5. The molecule has 0 rings (SSSR count). The van der Waals surface area contributed by atoms with Crippen molar-refractivity contribution < 1.29 is 19.1 Å². The number of ether oxygens (including phenoxy) is 2. The van der Waals surface area contributed by atoms with Gasteiger partial charge in [0.25, 0.3) is 0 Å². The molecule has 0 aromatic rings. The third-order valence-electron chi connectivity index (χ3n) is 13.3. The zero-order valence-electron chi connectivity index (χ0n) is 46.4. The van der Waals surface area contributed by atoms with Gasteiger partial charge >= 0.3 is 12.1 Å². The minimum Gasteiger partial charge on any atom is -0.465 e. The van der Waals surface area contributed by atoms with Crippen LogP contribution in [-0.2, 0) is 14.3 Å². The fourth-order valence-corrected chi connectivity index (χ4v) is 8.72. The van der Waals surface area contributed by atoms with Crippen LogP contribution in [0, 0.1) is 5.41 Å². The van der Waals surface area contributed by atoms with Crippen LogP contribution in [0.5, 0.6) is 0 Å². The molecular weight excluding hydrogens is 849 g/mol. The lowest BCUT2D eigenvalue weighted by Gasteiger charge is -2.34. The number of hydrogen-bond acceptors (Lipinski definition) is 5. The molecule has 6 heteroatoms. The first kappa shape index (κ1) is 66.1. The smallest absolute Gasteiger partial charge is 0.407 e. The first-order valence-electron chi connectivity index (χ1n) is 29.5. The number of amides is 1. The van der Waals surface area contributed by atoms with Crippen LogP contribution in [0.2, 0.25) is 0 Å². The van der Waals surface area contributed by atoms with Crippen LogP contribution in [0.15, 0.2) is 72.9 Å². The Bertz CT molecular complexity index is 1230. The number of carbonyl (C=O) groups excluding carboxylic acids is 2. The molecule has 0 aromatic carbocycles. The van der Waals surface area contributed by atoms with Crippen LogP contribution in [-0.4, -0.2) is 57.4 Å². The van der Waals surface area contributed by atoms with Gasteiger partial charge in [-0.1, -0.05) is 216 Å². The normalized spacial score (nSPS) is 13.2. The molecule has 0 aromatic heterocycles. The lowest BCUT2D eigenvalue weighted by Crippen LogP contribution is -2.41. The van der Waals surface area contributed by atoms with Crippen molar-refractivity contribution in [3.63, 3.8) is 0 Å². The van der Waals surface area contributed by atoms with Crippen molar-refractivity contribution in [1.29, 1.82) is 0 Å². The Morgan fingerprint density at radius 1 is 0.420 bits per heavy atom.